The molecule has 0 saturated heterocycles. The van der Waals surface area contributed by atoms with Crippen LogP contribution in [0.4, 0.5) is 5.13 Å². The maximum atomic E-state index is 13.2. The first-order chi connectivity index (χ1) is 15.4. The van der Waals surface area contributed by atoms with E-state index < -0.39 is 0 Å². The van der Waals surface area contributed by atoms with E-state index in [0.717, 1.165) is 51.8 Å². The molecule has 0 aliphatic heterocycles. The second-order valence-corrected chi connectivity index (χ2v) is 10.4. The summed E-state index contributed by atoms with van der Waals surface area (Å²) >= 11 is 9.66. The van der Waals surface area contributed by atoms with Crippen molar-refractivity contribution in [1.29, 1.82) is 0 Å². The van der Waals surface area contributed by atoms with Crippen molar-refractivity contribution in [2.45, 2.75) is 31.1 Å². The number of fused-ring (bicyclic) bond motifs is 1. The zero-order valence-electron chi connectivity index (χ0n) is 19.5. The molecular weight excluding hydrogens is 497 g/mol. The molecule has 0 aliphatic carbocycles. The number of carbonyl (C=O) groups is 1. The molecule has 0 saturated carbocycles. The molecule has 3 aromatic rings. The van der Waals surface area contributed by atoms with E-state index in [-0.39, 0.29) is 18.3 Å². The number of methoxy groups -OCH3 is 1. The van der Waals surface area contributed by atoms with E-state index in [1.54, 1.807) is 18.9 Å². The van der Waals surface area contributed by atoms with E-state index in [0.29, 0.717) is 18.0 Å². The van der Waals surface area contributed by atoms with E-state index in [9.17, 15) is 4.79 Å². The standard InChI is InChI=1S/C24H30ClN3O2S2.ClH/c1-17-8-13-20(25)23-22(17)26-24(32-23)28(15-6-14-27(2)3)21(29)7-5-16-31-19-11-9-18(30-4)10-12-19;/h8-13H,5-7,14-16H2,1-4H3;1H. The number of hydrogen-bond donors (Lipinski definition) is 0. The van der Waals surface area contributed by atoms with Crippen LogP contribution in [-0.2, 0) is 4.79 Å². The molecule has 0 fully saturated rings. The Bertz CT molecular complexity index is 1000. The Morgan fingerprint density at radius 1 is 1.12 bits per heavy atom. The van der Waals surface area contributed by atoms with Gasteiger partial charge in [0, 0.05) is 17.9 Å². The smallest absolute Gasteiger partial charge is 0.228 e. The van der Waals surface area contributed by atoms with Crippen molar-refractivity contribution in [1.82, 2.24) is 9.88 Å². The molecule has 0 aliphatic rings. The van der Waals surface area contributed by atoms with Gasteiger partial charge in [-0.05, 0) is 82.1 Å². The quantitative estimate of drug-likeness (QED) is 0.209. The largest absolute Gasteiger partial charge is 0.497 e. The van der Waals surface area contributed by atoms with Gasteiger partial charge in [-0.1, -0.05) is 29.0 Å². The lowest BCUT2D eigenvalue weighted by Crippen LogP contribution is -2.33. The van der Waals surface area contributed by atoms with Crippen molar-refractivity contribution in [2.24, 2.45) is 0 Å². The molecule has 0 spiro atoms. The van der Waals surface area contributed by atoms with Crippen molar-refractivity contribution in [3.63, 3.8) is 0 Å². The average Bonchev–Trinajstić information content (AvgIpc) is 3.23. The van der Waals surface area contributed by atoms with Gasteiger partial charge in [-0.3, -0.25) is 9.69 Å². The van der Waals surface area contributed by atoms with Gasteiger partial charge in [-0.15, -0.1) is 24.2 Å². The molecule has 0 atom stereocenters. The summed E-state index contributed by atoms with van der Waals surface area (Å²) in [5.41, 5.74) is 1.96. The number of hydrogen-bond acceptors (Lipinski definition) is 6. The van der Waals surface area contributed by atoms with Gasteiger partial charge in [0.2, 0.25) is 5.91 Å². The Balaban J connectivity index is 0.00000385. The first kappa shape index (κ1) is 27.7. The van der Waals surface area contributed by atoms with Crippen molar-refractivity contribution in [3.05, 3.63) is 47.0 Å². The summed E-state index contributed by atoms with van der Waals surface area (Å²) in [6.45, 7) is 3.59. The predicted octanol–water partition coefficient (Wildman–Crippen LogP) is 6.55. The number of rotatable bonds is 11. The molecule has 2 aromatic carbocycles. The van der Waals surface area contributed by atoms with Gasteiger partial charge in [0.15, 0.2) is 5.13 Å². The molecule has 0 bridgehead atoms. The zero-order chi connectivity index (χ0) is 23.1. The molecule has 1 amide bonds. The Kier molecular flexibility index (Phi) is 11.3. The maximum Gasteiger partial charge on any atom is 0.228 e. The molecular formula is C24H31Cl2N3O2S2. The van der Waals surface area contributed by atoms with Crippen LogP contribution in [0.2, 0.25) is 5.02 Å². The first-order valence-corrected chi connectivity index (χ1v) is 12.8. The lowest BCUT2D eigenvalue weighted by Gasteiger charge is -2.21. The average molecular weight is 529 g/mol. The molecule has 180 valence electrons. The van der Waals surface area contributed by atoms with Gasteiger partial charge < -0.3 is 9.64 Å². The molecule has 9 heteroatoms. The molecule has 0 unspecified atom stereocenters. The second kappa shape index (κ2) is 13.4. The number of aryl methyl sites for hydroxylation is 1. The number of ether oxygens (including phenoxy) is 1. The summed E-state index contributed by atoms with van der Waals surface area (Å²) in [5.74, 6) is 1.85. The van der Waals surface area contributed by atoms with E-state index in [4.69, 9.17) is 21.3 Å². The van der Waals surface area contributed by atoms with E-state index >= 15 is 0 Å². The minimum Gasteiger partial charge on any atom is -0.497 e. The van der Waals surface area contributed by atoms with Gasteiger partial charge in [-0.2, -0.15) is 0 Å². The molecule has 5 nitrogen and oxygen atoms in total. The molecule has 3 rings (SSSR count). The minimum atomic E-state index is 0. The zero-order valence-corrected chi connectivity index (χ0v) is 22.7. The van der Waals surface area contributed by atoms with Crippen LogP contribution in [0, 0.1) is 6.92 Å². The Hall–Kier alpha value is -1.51. The maximum absolute atomic E-state index is 13.2. The Morgan fingerprint density at radius 2 is 1.85 bits per heavy atom. The summed E-state index contributed by atoms with van der Waals surface area (Å²) in [4.78, 5) is 23.1. The highest BCUT2D eigenvalue weighted by Crippen LogP contribution is 2.36. The molecule has 0 radical (unpaired) electrons. The molecule has 0 N–H and O–H groups in total. The highest BCUT2D eigenvalue weighted by Gasteiger charge is 2.20. The predicted molar refractivity (Wildman–Crippen MR) is 145 cm³/mol. The molecule has 1 aromatic heterocycles. The number of halogens is 2. The number of aromatic nitrogens is 1. The van der Waals surface area contributed by atoms with Gasteiger partial charge in [0.1, 0.15) is 5.75 Å². The van der Waals surface area contributed by atoms with Crippen LogP contribution in [0.3, 0.4) is 0 Å². The first-order valence-electron chi connectivity index (χ1n) is 10.7. The second-order valence-electron chi connectivity index (χ2n) is 7.87. The van der Waals surface area contributed by atoms with Gasteiger partial charge in [0.25, 0.3) is 0 Å². The molecule has 1 heterocycles. The third kappa shape index (κ3) is 7.76. The summed E-state index contributed by atoms with van der Waals surface area (Å²) < 4.78 is 6.15. The number of anilines is 1. The van der Waals surface area contributed by atoms with Crippen LogP contribution in [0.25, 0.3) is 10.2 Å². The van der Waals surface area contributed by atoms with Crippen LogP contribution in [0.15, 0.2) is 41.3 Å². The van der Waals surface area contributed by atoms with Crippen LogP contribution in [0.1, 0.15) is 24.8 Å². The summed E-state index contributed by atoms with van der Waals surface area (Å²) in [6.07, 6.45) is 2.19. The fourth-order valence-electron chi connectivity index (χ4n) is 3.30. The lowest BCUT2D eigenvalue weighted by molar-refractivity contribution is -0.118. The van der Waals surface area contributed by atoms with Gasteiger partial charge >= 0.3 is 0 Å². The summed E-state index contributed by atoms with van der Waals surface area (Å²) in [7, 11) is 5.76. The Labute approximate surface area is 215 Å². The highest BCUT2D eigenvalue weighted by atomic mass is 35.5. The normalized spacial score (nSPS) is 11.0. The van der Waals surface area contributed by atoms with Crippen LogP contribution >= 0.6 is 47.1 Å². The van der Waals surface area contributed by atoms with Crippen LogP contribution in [0.5, 0.6) is 5.75 Å². The van der Waals surface area contributed by atoms with Crippen molar-refractivity contribution in [3.8, 4) is 5.75 Å². The highest BCUT2D eigenvalue weighted by molar-refractivity contribution is 7.99. The number of amides is 1. The van der Waals surface area contributed by atoms with Crippen LogP contribution < -0.4 is 9.64 Å². The van der Waals surface area contributed by atoms with Crippen molar-refractivity contribution < 1.29 is 9.53 Å². The third-order valence-corrected chi connectivity index (χ3v) is 7.71. The third-order valence-electron chi connectivity index (χ3n) is 5.07. The van der Waals surface area contributed by atoms with Crippen LogP contribution in [-0.4, -0.2) is 55.8 Å². The number of nitrogens with zero attached hydrogens (tertiary/aromatic N) is 3. The minimum absolute atomic E-state index is 0. The van der Waals surface area contributed by atoms with E-state index in [1.807, 2.05) is 62.3 Å². The van der Waals surface area contributed by atoms with Crippen molar-refractivity contribution >= 4 is 68.4 Å². The topological polar surface area (TPSA) is 45.7 Å². The fraction of sp³-hybridized carbons (Fsp3) is 0.417. The number of thiazole rings is 1. The molecule has 33 heavy (non-hydrogen) atoms. The van der Waals surface area contributed by atoms with Gasteiger partial charge in [0.05, 0.1) is 22.3 Å². The summed E-state index contributed by atoms with van der Waals surface area (Å²) in [5, 5.41) is 1.42. The van der Waals surface area contributed by atoms with Gasteiger partial charge in [-0.25, -0.2) is 4.98 Å². The lowest BCUT2D eigenvalue weighted by atomic mass is 10.2. The Morgan fingerprint density at radius 3 is 2.48 bits per heavy atom. The monoisotopic (exact) mass is 527 g/mol. The van der Waals surface area contributed by atoms with E-state index in [2.05, 4.69) is 4.90 Å². The van der Waals surface area contributed by atoms with Crippen molar-refractivity contribution in [2.75, 3.05) is 44.9 Å². The number of thioether (sulfide) groups is 1. The fourth-order valence-corrected chi connectivity index (χ4v) is 5.51. The summed E-state index contributed by atoms with van der Waals surface area (Å²) in [6, 6.07) is 11.9. The van der Waals surface area contributed by atoms with E-state index in [1.165, 1.54) is 16.2 Å². The number of benzene rings is 2. The SMILES string of the molecule is COc1ccc(SCCCC(=O)N(CCCN(C)C)c2nc3c(C)ccc(Cl)c3s2)cc1.Cl. The number of carbonyl (C=O) groups excluding carboxylic acids is 1.